The summed E-state index contributed by atoms with van der Waals surface area (Å²) in [6.45, 7) is 3.03. The summed E-state index contributed by atoms with van der Waals surface area (Å²) >= 11 is 13.2. The number of thiophene rings is 1. The van der Waals surface area contributed by atoms with Gasteiger partial charge in [-0.3, -0.25) is 0 Å². The number of para-hydroxylation sites is 2. The zero-order valence-electron chi connectivity index (χ0n) is 16.2. The highest BCUT2D eigenvalue weighted by Gasteiger charge is 2.21. The SMILES string of the molecule is COC(=O)c1sc2cc(NC(=S)N3CCN(c4ccccc4O)CC3)ccc2c1Cl. The van der Waals surface area contributed by atoms with E-state index in [9.17, 15) is 9.90 Å². The minimum Gasteiger partial charge on any atom is -0.506 e. The van der Waals surface area contributed by atoms with Crippen LogP contribution < -0.4 is 10.2 Å². The molecule has 0 radical (unpaired) electrons. The number of nitrogens with one attached hydrogen (secondary N) is 1. The molecule has 0 amide bonds. The number of nitrogens with zero attached hydrogens (tertiary/aromatic N) is 2. The minimum absolute atomic E-state index is 0.292. The van der Waals surface area contributed by atoms with Crippen LogP contribution in [-0.2, 0) is 4.74 Å². The van der Waals surface area contributed by atoms with Gasteiger partial charge >= 0.3 is 5.97 Å². The van der Waals surface area contributed by atoms with Gasteiger partial charge in [0.15, 0.2) is 5.11 Å². The summed E-state index contributed by atoms with van der Waals surface area (Å²) in [6, 6.07) is 13.1. The monoisotopic (exact) mass is 461 g/mol. The topological polar surface area (TPSA) is 65.0 Å². The number of hydrogen-bond donors (Lipinski definition) is 2. The number of piperazine rings is 1. The lowest BCUT2D eigenvalue weighted by molar-refractivity contribution is 0.0606. The number of phenolic OH excluding ortho intramolecular Hbond substituents is 1. The van der Waals surface area contributed by atoms with E-state index in [1.54, 1.807) is 6.07 Å². The number of fused-ring (bicyclic) bond motifs is 1. The van der Waals surface area contributed by atoms with Gasteiger partial charge in [-0.15, -0.1) is 11.3 Å². The van der Waals surface area contributed by atoms with Crippen molar-refractivity contribution in [2.75, 3.05) is 43.5 Å². The van der Waals surface area contributed by atoms with Gasteiger partial charge in [0.05, 0.1) is 17.8 Å². The molecule has 2 aromatic carbocycles. The number of phenols is 1. The predicted octanol–water partition coefficient (Wildman–Crippen LogP) is 4.57. The highest BCUT2D eigenvalue weighted by atomic mass is 35.5. The van der Waals surface area contributed by atoms with Gasteiger partial charge in [0.2, 0.25) is 0 Å². The van der Waals surface area contributed by atoms with Crippen LogP contribution in [0.4, 0.5) is 11.4 Å². The van der Waals surface area contributed by atoms with E-state index in [0.717, 1.165) is 47.6 Å². The zero-order valence-corrected chi connectivity index (χ0v) is 18.6. The van der Waals surface area contributed by atoms with Crippen molar-refractivity contribution in [3.63, 3.8) is 0 Å². The number of carbonyl (C=O) groups is 1. The summed E-state index contributed by atoms with van der Waals surface area (Å²) < 4.78 is 5.68. The van der Waals surface area contributed by atoms with Gasteiger partial charge in [0.25, 0.3) is 0 Å². The van der Waals surface area contributed by atoms with Gasteiger partial charge in [-0.2, -0.15) is 0 Å². The van der Waals surface area contributed by atoms with E-state index in [1.165, 1.54) is 18.4 Å². The smallest absolute Gasteiger partial charge is 0.349 e. The molecule has 2 heterocycles. The van der Waals surface area contributed by atoms with Crippen LogP contribution in [0.15, 0.2) is 42.5 Å². The number of rotatable bonds is 3. The second-order valence-corrected chi connectivity index (χ2v) is 8.66. The number of thiocarbonyl (C=S) groups is 1. The maximum atomic E-state index is 11.9. The van der Waals surface area contributed by atoms with Crippen LogP contribution in [0, 0.1) is 0 Å². The maximum absolute atomic E-state index is 11.9. The van der Waals surface area contributed by atoms with Crippen LogP contribution in [-0.4, -0.2) is 54.4 Å². The van der Waals surface area contributed by atoms with Crippen molar-refractivity contribution in [2.45, 2.75) is 0 Å². The Morgan fingerprint density at radius 2 is 1.93 bits per heavy atom. The molecule has 30 heavy (non-hydrogen) atoms. The molecule has 1 aliphatic rings. The van der Waals surface area contributed by atoms with Crippen molar-refractivity contribution < 1.29 is 14.6 Å². The summed E-state index contributed by atoms with van der Waals surface area (Å²) in [6.07, 6.45) is 0. The Morgan fingerprint density at radius 3 is 2.63 bits per heavy atom. The molecule has 2 N–H and O–H groups in total. The van der Waals surface area contributed by atoms with Crippen molar-refractivity contribution in [1.29, 1.82) is 0 Å². The molecule has 1 fully saturated rings. The normalized spacial score (nSPS) is 14.1. The first-order chi connectivity index (χ1) is 14.5. The van der Waals surface area contributed by atoms with E-state index in [1.807, 2.05) is 36.4 Å². The molecule has 1 aromatic heterocycles. The molecule has 1 aliphatic heterocycles. The molecule has 0 unspecified atom stereocenters. The molecule has 3 aromatic rings. The molecule has 4 rings (SSSR count). The summed E-state index contributed by atoms with van der Waals surface area (Å²) in [5, 5.41) is 15.2. The molecule has 156 valence electrons. The van der Waals surface area contributed by atoms with E-state index >= 15 is 0 Å². The molecule has 1 saturated heterocycles. The van der Waals surface area contributed by atoms with Crippen LogP contribution in [0.25, 0.3) is 10.1 Å². The second-order valence-electron chi connectivity index (χ2n) is 6.84. The van der Waals surface area contributed by atoms with Gasteiger partial charge in [0, 0.05) is 42.0 Å². The number of ether oxygens (including phenoxy) is 1. The fourth-order valence-electron chi connectivity index (χ4n) is 3.45. The number of anilines is 2. The van der Waals surface area contributed by atoms with E-state index in [0.29, 0.717) is 20.8 Å². The molecule has 0 spiro atoms. The summed E-state index contributed by atoms with van der Waals surface area (Å²) in [5.41, 5.74) is 1.68. The lowest BCUT2D eigenvalue weighted by Gasteiger charge is -2.37. The van der Waals surface area contributed by atoms with E-state index < -0.39 is 5.97 Å². The Morgan fingerprint density at radius 1 is 1.20 bits per heavy atom. The molecule has 0 atom stereocenters. The van der Waals surface area contributed by atoms with Crippen molar-refractivity contribution in [3.8, 4) is 5.75 Å². The highest BCUT2D eigenvalue weighted by Crippen LogP contribution is 2.37. The first-order valence-electron chi connectivity index (χ1n) is 9.37. The first kappa shape index (κ1) is 20.7. The number of hydrogen-bond acceptors (Lipinski definition) is 6. The van der Waals surface area contributed by atoms with Crippen molar-refractivity contribution in [1.82, 2.24) is 4.90 Å². The number of benzene rings is 2. The second kappa shape index (κ2) is 8.67. The fraction of sp³-hybridized carbons (Fsp3) is 0.238. The number of halogens is 1. The molecule has 9 heteroatoms. The third-order valence-electron chi connectivity index (χ3n) is 5.04. The first-order valence-corrected chi connectivity index (χ1v) is 11.0. The van der Waals surface area contributed by atoms with Crippen LogP contribution in [0.3, 0.4) is 0 Å². The molecular weight excluding hydrogens is 442 g/mol. The van der Waals surface area contributed by atoms with Gasteiger partial charge in [-0.1, -0.05) is 23.7 Å². The average molecular weight is 462 g/mol. The number of methoxy groups -OCH3 is 1. The van der Waals surface area contributed by atoms with E-state index in [4.69, 9.17) is 28.6 Å². The lowest BCUT2D eigenvalue weighted by Crippen LogP contribution is -2.50. The van der Waals surface area contributed by atoms with Gasteiger partial charge < -0.3 is 25.0 Å². The third-order valence-corrected chi connectivity index (χ3v) is 7.04. The Hall–Kier alpha value is -2.55. The zero-order chi connectivity index (χ0) is 21.3. The summed E-state index contributed by atoms with van der Waals surface area (Å²) in [7, 11) is 1.34. The van der Waals surface area contributed by atoms with Crippen LogP contribution in [0.1, 0.15) is 9.67 Å². The van der Waals surface area contributed by atoms with Crippen LogP contribution >= 0.6 is 35.2 Å². The van der Waals surface area contributed by atoms with Crippen LogP contribution in [0.2, 0.25) is 5.02 Å². The molecular formula is C21H20ClN3O3S2. The summed E-state index contributed by atoms with van der Waals surface area (Å²) in [5.74, 6) is -0.144. The van der Waals surface area contributed by atoms with Crippen LogP contribution in [0.5, 0.6) is 5.75 Å². The third kappa shape index (κ3) is 4.03. The molecule has 0 saturated carbocycles. The Balaban J connectivity index is 1.42. The number of carbonyl (C=O) groups excluding carboxylic acids is 1. The standard InChI is InChI=1S/C21H20ClN3O3S2/c1-28-20(27)19-18(22)14-7-6-13(12-17(14)30-19)23-21(29)25-10-8-24(9-11-25)15-4-2-3-5-16(15)26/h2-7,12,26H,8-11H2,1H3,(H,23,29). The minimum atomic E-state index is -0.437. The maximum Gasteiger partial charge on any atom is 0.349 e. The Kier molecular flexibility index (Phi) is 5.99. The average Bonchev–Trinajstić information content (AvgIpc) is 3.09. The van der Waals surface area contributed by atoms with Crippen molar-refractivity contribution >= 4 is 67.7 Å². The largest absolute Gasteiger partial charge is 0.506 e. The predicted molar refractivity (Wildman–Crippen MR) is 126 cm³/mol. The van der Waals surface area contributed by atoms with Crippen molar-refractivity contribution in [2.24, 2.45) is 0 Å². The Bertz CT molecular complexity index is 1110. The fourth-order valence-corrected chi connectivity index (χ4v) is 5.22. The quantitative estimate of drug-likeness (QED) is 0.437. The van der Waals surface area contributed by atoms with E-state index in [2.05, 4.69) is 15.1 Å². The van der Waals surface area contributed by atoms with E-state index in [-0.39, 0.29) is 0 Å². The highest BCUT2D eigenvalue weighted by molar-refractivity contribution is 7.80. The van der Waals surface area contributed by atoms with Crippen molar-refractivity contribution in [3.05, 3.63) is 52.4 Å². The molecule has 0 aliphatic carbocycles. The number of esters is 1. The summed E-state index contributed by atoms with van der Waals surface area (Å²) in [4.78, 5) is 16.5. The Labute approximate surface area is 188 Å². The molecule has 6 nitrogen and oxygen atoms in total. The number of aromatic hydroxyl groups is 1. The van der Waals surface area contributed by atoms with Gasteiger partial charge in [-0.25, -0.2) is 4.79 Å². The lowest BCUT2D eigenvalue weighted by atomic mass is 10.2. The molecule has 0 bridgehead atoms. The van der Waals surface area contributed by atoms with Gasteiger partial charge in [-0.05, 0) is 42.5 Å². The van der Waals surface area contributed by atoms with Gasteiger partial charge in [0.1, 0.15) is 10.6 Å².